The second-order valence-electron chi connectivity index (χ2n) is 4.48. The van der Waals surface area contributed by atoms with E-state index in [1.807, 2.05) is 6.92 Å². The molecule has 2 rings (SSSR count). The Bertz CT molecular complexity index is 344. The molecule has 1 fully saturated rings. The van der Waals surface area contributed by atoms with Crippen LogP contribution in [-0.2, 0) is 5.41 Å². The van der Waals surface area contributed by atoms with E-state index >= 15 is 0 Å². The standard InChI is InChI=1S/C12H17NO/c1-8-6-9(12(2)4-5-12)7-10(13)11(8)14-3/h6-7H,4-5,13H2,1-3H3. The molecule has 0 amide bonds. The van der Waals surface area contributed by atoms with Crippen molar-refractivity contribution in [2.24, 2.45) is 0 Å². The number of methoxy groups -OCH3 is 1. The van der Waals surface area contributed by atoms with Crippen LogP contribution in [0.4, 0.5) is 5.69 Å². The molecular weight excluding hydrogens is 174 g/mol. The van der Waals surface area contributed by atoms with Gasteiger partial charge in [0.25, 0.3) is 0 Å². The summed E-state index contributed by atoms with van der Waals surface area (Å²) in [6.45, 7) is 4.33. The molecule has 0 spiro atoms. The first kappa shape index (κ1) is 9.38. The van der Waals surface area contributed by atoms with Crippen molar-refractivity contribution in [3.8, 4) is 5.75 Å². The number of rotatable bonds is 2. The molecule has 1 aromatic carbocycles. The van der Waals surface area contributed by atoms with Gasteiger partial charge in [0.05, 0.1) is 12.8 Å². The molecule has 14 heavy (non-hydrogen) atoms. The molecule has 0 aromatic heterocycles. The number of aryl methyl sites for hydroxylation is 1. The third-order valence-electron chi connectivity index (χ3n) is 3.20. The maximum absolute atomic E-state index is 5.93. The van der Waals surface area contributed by atoms with Crippen molar-refractivity contribution in [2.75, 3.05) is 12.8 Å². The molecule has 1 aromatic rings. The number of benzene rings is 1. The first-order valence-corrected chi connectivity index (χ1v) is 5.01. The van der Waals surface area contributed by atoms with Gasteiger partial charge in [0.15, 0.2) is 0 Å². The molecule has 1 saturated carbocycles. The summed E-state index contributed by atoms with van der Waals surface area (Å²) in [5.41, 5.74) is 9.56. The van der Waals surface area contributed by atoms with Gasteiger partial charge in [0.2, 0.25) is 0 Å². The summed E-state index contributed by atoms with van der Waals surface area (Å²) in [4.78, 5) is 0. The highest BCUT2D eigenvalue weighted by Gasteiger charge is 2.39. The van der Waals surface area contributed by atoms with Crippen LogP contribution in [-0.4, -0.2) is 7.11 Å². The predicted octanol–water partition coefficient (Wildman–Crippen LogP) is 2.64. The van der Waals surface area contributed by atoms with Crippen LogP contribution in [0.3, 0.4) is 0 Å². The lowest BCUT2D eigenvalue weighted by Crippen LogP contribution is -2.03. The molecule has 1 aliphatic rings. The van der Waals surface area contributed by atoms with Gasteiger partial charge in [-0.2, -0.15) is 0 Å². The van der Waals surface area contributed by atoms with Gasteiger partial charge in [0, 0.05) is 0 Å². The third-order valence-corrected chi connectivity index (χ3v) is 3.20. The van der Waals surface area contributed by atoms with Crippen LogP contribution in [0.2, 0.25) is 0 Å². The first-order chi connectivity index (χ1) is 6.57. The third kappa shape index (κ3) is 1.35. The largest absolute Gasteiger partial charge is 0.494 e. The zero-order valence-corrected chi connectivity index (χ0v) is 9.05. The Morgan fingerprint density at radius 2 is 2.00 bits per heavy atom. The van der Waals surface area contributed by atoms with Crippen LogP contribution in [0.15, 0.2) is 12.1 Å². The van der Waals surface area contributed by atoms with Crippen LogP contribution < -0.4 is 10.5 Å². The zero-order chi connectivity index (χ0) is 10.3. The summed E-state index contributed by atoms with van der Waals surface area (Å²) in [5.74, 6) is 0.818. The molecule has 0 radical (unpaired) electrons. The Morgan fingerprint density at radius 3 is 2.43 bits per heavy atom. The molecule has 0 aliphatic heterocycles. The Labute approximate surface area is 85.1 Å². The fraction of sp³-hybridized carbons (Fsp3) is 0.500. The van der Waals surface area contributed by atoms with E-state index < -0.39 is 0 Å². The molecular formula is C12H17NO. The molecule has 0 atom stereocenters. The van der Waals surface area contributed by atoms with Crippen molar-refractivity contribution < 1.29 is 4.74 Å². The van der Waals surface area contributed by atoms with Gasteiger partial charge in [-0.05, 0) is 42.4 Å². The lowest BCUT2D eigenvalue weighted by Gasteiger charge is -2.14. The number of hydrogen-bond donors (Lipinski definition) is 1. The van der Waals surface area contributed by atoms with E-state index in [-0.39, 0.29) is 0 Å². The number of nitrogen functional groups attached to an aromatic ring is 1. The van der Waals surface area contributed by atoms with E-state index in [1.54, 1.807) is 7.11 Å². The smallest absolute Gasteiger partial charge is 0.144 e. The average molecular weight is 191 g/mol. The highest BCUT2D eigenvalue weighted by atomic mass is 16.5. The summed E-state index contributed by atoms with van der Waals surface area (Å²) in [6.07, 6.45) is 2.55. The fourth-order valence-electron chi connectivity index (χ4n) is 1.90. The minimum atomic E-state index is 0.380. The molecule has 2 N–H and O–H groups in total. The van der Waals surface area contributed by atoms with Crippen LogP contribution in [0.1, 0.15) is 30.9 Å². The molecule has 0 saturated heterocycles. The van der Waals surface area contributed by atoms with Gasteiger partial charge in [-0.15, -0.1) is 0 Å². The summed E-state index contributed by atoms with van der Waals surface area (Å²) < 4.78 is 5.24. The molecule has 2 nitrogen and oxygen atoms in total. The normalized spacial score (nSPS) is 17.9. The second-order valence-corrected chi connectivity index (χ2v) is 4.48. The van der Waals surface area contributed by atoms with Crippen LogP contribution in [0.25, 0.3) is 0 Å². The summed E-state index contributed by atoms with van der Waals surface area (Å²) in [6, 6.07) is 4.25. The van der Waals surface area contributed by atoms with Gasteiger partial charge in [-0.25, -0.2) is 0 Å². The van der Waals surface area contributed by atoms with Crippen molar-refractivity contribution >= 4 is 5.69 Å². The minimum Gasteiger partial charge on any atom is -0.494 e. The van der Waals surface area contributed by atoms with Crippen molar-refractivity contribution in [3.63, 3.8) is 0 Å². The summed E-state index contributed by atoms with van der Waals surface area (Å²) in [5, 5.41) is 0. The van der Waals surface area contributed by atoms with E-state index in [4.69, 9.17) is 10.5 Å². The lowest BCUT2D eigenvalue weighted by atomic mass is 9.95. The maximum Gasteiger partial charge on any atom is 0.144 e. The van der Waals surface area contributed by atoms with E-state index in [0.29, 0.717) is 5.41 Å². The van der Waals surface area contributed by atoms with Crippen LogP contribution >= 0.6 is 0 Å². The van der Waals surface area contributed by atoms with E-state index in [1.165, 1.54) is 18.4 Å². The van der Waals surface area contributed by atoms with E-state index in [9.17, 15) is 0 Å². The molecule has 0 unspecified atom stereocenters. The maximum atomic E-state index is 5.93. The van der Waals surface area contributed by atoms with E-state index in [0.717, 1.165) is 17.0 Å². The van der Waals surface area contributed by atoms with Gasteiger partial charge in [-0.1, -0.05) is 13.0 Å². The SMILES string of the molecule is COc1c(C)cc(C2(C)CC2)cc1N. The molecule has 1 aliphatic carbocycles. The Kier molecular flexibility index (Phi) is 1.95. The Hall–Kier alpha value is -1.18. The van der Waals surface area contributed by atoms with Crippen LogP contribution in [0, 0.1) is 6.92 Å². The predicted molar refractivity (Wildman–Crippen MR) is 58.7 cm³/mol. The molecule has 2 heteroatoms. The van der Waals surface area contributed by atoms with Crippen molar-refractivity contribution in [2.45, 2.75) is 32.1 Å². The van der Waals surface area contributed by atoms with Gasteiger partial charge in [-0.3, -0.25) is 0 Å². The number of hydrogen-bond acceptors (Lipinski definition) is 2. The van der Waals surface area contributed by atoms with Gasteiger partial charge >= 0.3 is 0 Å². The zero-order valence-electron chi connectivity index (χ0n) is 9.05. The average Bonchev–Trinajstić information content (AvgIpc) is 2.84. The summed E-state index contributed by atoms with van der Waals surface area (Å²) >= 11 is 0. The highest BCUT2D eigenvalue weighted by Crippen LogP contribution is 2.49. The summed E-state index contributed by atoms with van der Waals surface area (Å²) in [7, 11) is 1.66. The van der Waals surface area contributed by atoms with Gasteiger partial charge < -0.3 is 10.5 Å². The molecule has 0 heterocycles. The number of ether oxygens (including phenoxy) is 1. The quantitative estimate of drug-likeness (QED) is 0.729. The van der Waals surface area contributed by atoms with Crippen LogP contribution in [0.5, 0.6) is 5.75 Å². The van der Waals surface area contributed by atoms with Crippen molar-refractivity contribution in [1.29, 1.82) is 0 Å². The van der Waals surface area contributed by atoms with E-state index in [2.05, 4.69) is 19.1 Å². The topological polar surface area (TPSA) is 35.2 Å². The Balaban J connectivity index is 2.47. The molecule has 76 valence electrons. The lowest BCUT2D eigenvalue weighted by molar-refractivity contribution is 0.413. The number of nitrogens with two attached hydrogens (primary N) is 1. The minimum absolute atomic E-state index is 0.380. The fourth-order valence-corrected chi connectivity index (χ4v) is 1.90. The van der Waals surface area contributed by atoms with Crippen molar-refractivity contribution in [3.05, 3.63) is 23.3 Å². The first-order valence-electron chi connectivity index (χ1n) is 5.01. The van der Waals surface area contributed by atoms with Crippen molar-refractivity contribution in [1.82, 2.24) is 0 Å². The van der Waals surface area contributed by atoms with Gasteiger partial charge in [0.1, 0.15) is 5.75 Å². The second kappa shape index (κ2) is 2.91. The highest BCUT2D eigenvalue weighted by molar-refractivity contribution is 5.60. The monoisotopic (exact) mass is 191 g/mol. The number of anilines is 1. The molecule has 0 bridgehead atoms. The Morgan fingerprint density at radius 1 is 1.36 bits per heavy atom.